The number of hydrogen-bond acceptors (Lipinski definition) is 4. The molecule has 1 aromatic carbocycles. The molecule has 2 aliphatic rings. The molecule has 0 atom stereocenters. The minimum absolute atomic E-state index is 0.202. The molecule has 0 bridgehead atoms. The zero-order valence-electron chi connectivity index (χ0n) is 11.8. The van der Waals surface area contributed by atoms with Gasteiger partial charge in [-0.3, -0.25) is 4.79 Å². The van der Waals surface area contributed by atoms with E-state index >= 15 is 0 Å². The highest BCUT2D eigenvalue weighted by Gasteiger charge is 2.37. The number of fused-ring (bicyclic) bond motifs is 1. The summed E-state index contributed by atoms with van der Waals surface area (Å²) in [6, 6.07) is 8.09. The number of aromatic nitrogens is 3. The number of nitrogens with zero attached hydrogens (tertiary/aromatic N) is 4. The average Bonchev–Trinajstić information content (AvgIpc) is 3.27. The normalized spacial score (nSPS) is 17.7. The van der Waals surface area contributed by atoms with Crippen LogP contribution in [0.1, 0.15) is 18.4 Å². The van der Waals surface area contributed by atoms with Crippen LogP contribution in [-0.4, -0.2) is 33.1 Å². The van der Waals surface area contributed by atoms with Gasteiger partial charge in [-0.05, 0) is 25.3 Å². The van der Waals surface area contributed by atoms with Gasteiger partial charge in [0.2, 0.25) is 11.1 Å². The summed E-state index contributed by atoms with van der Waals surface area (Å²) in [7, 11) is 0. The van der Waals surface area contributed by atoms with Gasteiger partial charge in [0.15, 0.2) is 5.82 Å². The first-order valence-electron chi connectivity index (χ1n) is 7.21. The van der Waals surface area contributed by atoms with Crippen molar-refractivity contribution in [3.8, 4) is 11.4 Å². The lowest BCUT2D eigenvalue weighted by atomic mass is 10.1. The Morgan fingerprint density at radius 2 is 2.10 bits per heavy atom. The predicted molar refractivity (Wildman–Crippen MR) is 81.7 cm³/mol. The molecule has 21 heavy (non-hydrogen) atoms. The lowest BCUT2D eigenvalue weighted by Gasteiger charge is -2.29. The molecular formula is C15H16N4OS. The molecule has 5 nitrogen and oxygen atoms in total. The molecule has 0 spiro atoms. The maximum atomic E-state index is 12.5. The van der Waals surface area contributed by atoms with Gasteiger partial charge in [-0.15, -0.1) is 10.2 Å². The monoisotopic (exact) mass is 300 g/mol. The van der Waals surface area contributed by atoms with Gasteiger partial charge in [-0.2, -0.15) is 0 Å². The second kappa shape index (κ2) is 4.87. The van der Waals surface area contributed by atoms with Gasteiger partial charge in [0.1, 0.15) is 0 Å². The van der Waals surface area contributed by atoms with E-state index in [1.165, 1.54) is 0 Å². The third-order valence-electron chi connectivity index (χ3n) is 3.95. The third-order valence-corrected chi connectivity index (χ3v) is 4.85. The number of hydrogen-bond donors (Lipinski definition) is 0. The van der Waals surface area contributed by atoms with E-state index in [1.54, 1.807) is 11.8 Å². The summed E-state index contributed by atoms with van der Waals surface area (Å²) < 4.78 is 1.91. The Morgan fingerprint density at radius 3 is 2.86 bits per heavy atom. The summed E-state index contributed by atoms with van der Waals surface area (Å²) in [6.07, 6.45) is 2.03. The number of aryl methyl sites for hydroxylation is 1. The van der Waals surface area contributed by atoms with Crippen molar-refractivity contribution >= 4 is 17.7 Å². The van der Waals surface area contributed by atoms with E-state index in [0.29, 0.717) is 0 Å². The third kappa shape index (κ3) is 2.14. The zero-order chi connectivity index (χ0) is 14.4. The van der Waals surface area contributed by atoms with Crippen LogP contribution in [0.2, 0.25) is 0 Å². The van der Waals surface area contributed by atoms with Gasteiger partial charge in [0.25, 0.3) is 0 Å². The fourth-order valence-corrected chi connectivity index (χ4v) is 3.49. The van der Waals surface area contributed by atoms with Crippen molar-refractivity contribution in [3.63, 3.8) is 0 Å². The van der Waals surface area contributed by atoms with Crippen LogP contribution in [0.25, 0.3) is 11.4 Å². The Bertz CT molecular complexity index is 707. The Morgan fingerprint density at radius 1 is 1.29 bits per heavy atom. The minimum atomic E-state index is 0.202. The first-order valence-corrected chi connectivity index (χ1v) is 8.20. The number of amides is 1. The molecule has 0 saturated heterocycles. The van der Waals surface area contributed by atoms with E-state index in [4.69, 9.17) is 0 Å². The first-order chi connectivity index (χ1) is 10.3. The van der Waals surface area contributed by atoms with E-state index in [2.05, 4.69) is 23.2 Å². The molecule has 0 radical (unpaired) electrons. The molecule has 1 amide bonds. The number of rotatable bonds is 2. The smallest absolute Gasteiger partial charge is 0.244 e. The van der Waals surface area contributed by atoms with Crippen LogP contribution in [0, 0.1) is 12.8 Å². The van der Waals surface area contributed by atoms with Crippen LogP contribution in [0.4, 0.5) is 0 Å². The molecule has 2 heterocycles. The zero-order valence-corrected chi connectivity index (χ0v) is 12.6. The number of carbonyl (C=O) groups excluding carboxylic acids is 1. The molecule has 1 aromatic heterocycles. The van der Waals surface area contributed by atoms with Gasteiger partial charge in [-0.1, -0.05) is 36.0 Å². The summed E-state index contributed by atoms with van der Waals surface area (Å²) in [5.74, 6) is 2.06. The number of thioether (sulfide) groups is 1. The number of carbonyl (C=O) groups is 1. The highest BCUT2D eigenvalue weighted by atomic mass is 32.2. The van der Waals surface area contributed by atoms with Gasteiger partial charge in [0, 0.05) is 17.2 Å². The Labute approximate surface area is 127 Å². The van der Waals surface area contributed by atoms with E-state index in [1.807, 2.05) is 27.9 Å². The molecule has 2 aromatic rings. The molecule has 1 aliphatic heterocycles. The second-order valence-corrected chi connectivity index (χ2v) is 6.58. The average molecular weight is 300 g/mol. The van der Waals surface area contributed by atoms with Gasteiger partial charge in [-0.25, -0.2) is 9.69 Å². The van der Waals surface area contributed by atoms with Crippen LogP contribution in [-0.2, 0) is 4.79 Å². The van der Waals surface area contributed by atoms with Crippen LogP contribution in [0.3, 0.4) is 0 Å². The standard InChI is InChI=1S/C15H16N4OS/c1-10-4-2-3-5-12(10)13-16-17-15-19(13)18(8-9-21-15)14(20)11-6-7-11/h2-5,11H,6-9H2,1H3. The van der Waals surface area contributed by atoms with Crippen LogP contribution in [0.5, 0.6) is 0 Å². The van der Waals surface area contributed by atoms with Gasteiger partial charge < -0.3 is 0 Å². The van der Waals surface area contributed by atoms with Crippen LogP contribution >= 0.6 is 11.8 Å². The minimum Gasteiger partial charge on any atom is -0.273 e. The van der Waals surface area contributed by atoms with E-state index in [-0.39, 0.29) is 11.8 Å². The molecular weight excluding hydrogens is 284 g/mol. The Kier molecular flexibility index (Phi) is 2.99. The van der Waals surface area contributed by atoms with Crippen molar-refractivity contribution in [2.75, 3.05) is 17.3 Å². The number of benzene rings is 1. The molecule has 1 fully saturated rings. The summed E-state index contributed by atoms with van der Waals surface area (Å²) in [4.78, 5) is 12.5. The van der Waals surface area contributed by atoms with Gasteiger partial charge in [0.05, 0.1) is 6.54 Å². The molecule has 0 N–H and O–H groups in total. The molecule has 4 rings (SSSR count). The summed E-state index contributed by atoms with van der Waals surface area (Å²) >= 11 is 1.66. The lowest BCUT2D eigenvalue weighted by Crippen LogP contribution is -2.45. The topological polar surface area (TPSA) is 51.0 Å². The van der Waals surface area contributed by atoms with Crippen molar-refractivity contribution in [1.29, 1.82) is 0 Å². The van der Waals surface area contributed by atoms with E-state index < -0.39 is 0 Å². The summed E-state index contributed by atoms with van der Waals surface area (Å²) in [5.41, 5.74) is 2.18. The molecule has 1 saturated carbocycles. The maximum absolute atomic E-state index is 12.5. The second-order valence-electron chi connectivity index (χ2n) is 5.52. The summed E-state index contributed by atoms with van der Waals surface area (Å²) in [6.45, 7) is 2.78. The van der Waals surface area contributed by atoms with E-state index in [9.17, 15) is 4.79 Å². The largest absolute Gasteiger partial charge is 0.273 e. The van der Waals surface area contributed by atoms with Crippen LogP contribution < -0.4 is 5.01 Å². The summed E-state index contributed by atoms with van der Waals surface area (Å²) in [5, 5.41) is 11.3. The fourth-order valence-electron chi connectivity index (χ4n) is 2.64. The SMILES string of the molecule is Cc1ccccc1-c1nnc2n1N(C(=O)C1CC1)CCS2. The highest BCUT2D eigenvalue weighted by molar-refractivity contribution is 7.99. The fraction of sp³-hybridized carbons (Fsp3) is 0.400. The van der Waals surface area contributed by atoms with Gasteiger partial charge >= 0.3 is 0 Å². The van der Waals surface area contributed by atoms with Crippen molar-refractivity contribution in [1.82, 2.24) is 14.9 Å². The van der Waals surface area contributed by atoms with Crippen molar-refractivity contribution < 1.29 is 4.79 Å². The molecule has 1 aliphatic carbocycles. The quantitative estimate of drug-likeness (QED) is 0.853. The van der Waals surface area contributed by atoms with Crippen molar-refractivity contribution in [2.45, 2.75) is 24.9 Å². The molecule has 6 heteroatoms. The molecule has 0 unspecified atom stereocenters. The Balaban J connectivity index is 1.82. The highest BCUT2D eigenvalue weighted by Crippen LogP contribution is 2.34. The first kappa shape index (κ1) is 12.9. The van der Waals surface area contributed by atoms with Crippen molar-refractivity contribution in [2.24, 2.45) is 5.92 Å². The maximum Gasteiger partial charge on any atom is 0.244 e. The van der Waals surface area contributed by atoms with Crippen LogP contribution in [0.15, 0.2) is 29.4 Å². The van der Waals surface area contributed by atoms with Crippen molar-refractivity contribution in [3.05, 3.63) is 29.8 Å². The predicted octanol–water partition coefficient (Wildman–Crippen LogP) is 2.23. The molecule has 108 valence electrons. The lowest BCUT2D eigenvalue weighted by molar-refractivity contribution is -0.121. The Hall–Kier alpha value is -1.82. The van der Waals surface area contributed by atoms with E-state index in [0.717, 1.165) is 47.2 Å².